The predicted molar refractivity (Wildman–Crippen MR) is 84.5 cm³/mol. The van der Waals surface area contributed by atoms with E-state index in [1.165, 1.54) is 12.1 Å². The highest BCUT2D eigenvalue weighted by Crippen LogP contribution is 2.30. The number of nitrogens with zero attached hydrogens (tertiary/aromatic N) is 2. The number of benzene rings is 2. The van der Waals surface area contributed by atoms with E-state index in [1.54, 1.807) is 6.07 Å². The number of anilines is 1. The SMILES string of the molecule is ON=C1CCN(Cc2ccc(F)cc2Br)c2ccccc21. The number of para-hydroxylation sites is 1. The Morgan fingerprint density at radius 1 is 1.24 bits per heavy atom. The second-order valence-electron chi connectivity index (χ2n) is 4.97. The molecule has 0 fully saturated rings. The van der Waals surface area contributed by atoms with E-state index in [9.17, 15) is 4.39 Å². The number of hydrogen-bond acceptors (Lipinski definition) is 3. The van der Waals surface area contributed by atoms with E-state index in [1.807, 2.05) is 24.3 Å². The Labute approximate surface area is 130 Å². The first-order valence-corrected chi connectivity index (χ1v) is 7.47. The van der Waals surface area contributed by atoms with E-state index < -0.39 is 0 Å². The normalized spacial score (nSPS) is 16.1. The molecule has 0 unspecified atom stereocenters. The summed E-state index contributed by atoms with van der Waals surface area (Å²) < 4.78 is 13.9. The van der Waals surface area contributed by atoms with Crippen molar-refractivity contribution < 1.29 is 9.60 Å². The summed E-state index contributed by atoms with van der Waals surface area (Å²) in [7, 11) is 0. The van der Waals surface area contributed by atoms with Crippen LogP contribution in [0.3, 0.4) is 0 Å². The average molecular weight is 349 g/mol. The summed E-state index contributed by atoms with van der Waals surface area (Å²) in [5.74, 6) is -0.251. The Balaban J connectivity index is 1.93. The van der Waals surface area contributed by atoms with Crippen molar-refractivity contribution in [1.82, 2.24) is 0 Å². The van der Waals surface area contributed by atoms with Crippen LogP contribution < -0.4 is 4.90 Å². The fraction of sp³-hybridized carbons (Fsp3) is 0.188. The predicted octanol–water partition coefficient (Wildman–Crippen LogP) is 4.18. The minimum atomic E-state index is -0.251. The summed E-state index contributed by atoms with van der Waals surface area (Å²) in [6.45, 7) is 1.44. The average Bonchev–Trinajstić information content (AvgIpc) is 2.50. The van der Waals surface area contributed by atoms with Gasteiger partial charge in [-0.2, -0.15) is 0 Å². The van der Waals surface area contributed by atoms with Crippen molar-refractivity contribution in [3.8, 4) is 0 Å². The number of oxime groups is 1. The van der Waals surface area contributed by atoms with Crippen molar-refractivity contribution in [3.63, 3.8) is 0 Å². The molecule has 2 aromatic rings. The van der Waals surface area contributed by atoms with Crippen LogP contribution in [0.5, 0.6) is 0 Å². The summed E-state index contributed by atoms with van der Waals surface area (Å²) >= 11 is 3.41. The van der Waals surface area contributed by atoms with Crippen LogP contribution in [0.2, 0.25) is 0 Å². The molecule has 0 aliphatic carbocycles. The van der Waals surface area contributed by atoms with Crippen molar-refractivity contribution >= 4 is 27.3 Å². The quantitative estimate of drug-likeness (QED) is 0.652. The topological polar surface area (TPSA) is 35.8 Å². The lowest BCUT2D eigenvalue weighted by molar-refractivity contribution is 0.317. The summed E-state index contributed by atoms with van der Waals surface area (Å²) in [5.41, 5.74) is 3.72. The molecule has 2 aromatic carbocycles. The lowest BCUT2D eigenvalue weighted by Crippen LogP contribution is -2.32. The molecule has 1 aliphatic heterocycles. The van der Waals surface area contributed by atoms with Crippen LogP contribution in [0.1, 0.15) is 17.5 Å². The molecule has 0 bridgehead atoms. The van der Waals surface area contributed by atoms with Crippen molar-refractivity contribution in [2.75, 3.05) is 11.4 Å². The van der Waals surface area contributed by atoms with E-state index in [0.29, 0.717) is 18.7 Å². The molecule has 0 saturated heterocycles. The summed E-state index contributed by atoms with van der Waals surface area (Å²) in [6.07, 6.45) is 0.687. The van der Waals surface area contributed by atoms with Gasteiger partial charge < -0.3 is 10.1 Å². The standard InChI is InChI=1S/C16H14BrFN2O/c17-14-9-12(18)6-5-11(14)10-20-8-7-15(19-21)13-3-1-2-4-16(13)20/h1-6,9,21H,7-8,10H2. The fourth-order valence-corrected chi connectivity index (χ4v) is 3.09. The first kappa shape index (κ1) is 14.1. The third kappa shape index (κ3) is 2.78. The van der Waals surface area contributed by atoms with Crippen molar-refractivity contribution in [2.24, 2.45) is 5.16 Å². The first-order valence-electron chi connectivity index (χ1n) is 6.68. The second kappa shape index (κ2) is 5.85. The summed E-state index contributed by atoms with van der Waals surface area (Å²) in [5, 5.41) is 12.5. The van der Waals surface area contributed by atoms with Crippen LogP contribution in [0.15, 0.2) is 52.1 Å². The van der Waals surface area contributed by atoms with E-state index >= 15 is 0 Å². The van der Waals surface area contributed by atoms with Gasteiger partial charge in [-0.1, -0.05) is 45.4 Å². The molecule has 0 aromatic heterocycles. The van der Waals surface area contributed by atoms with Gasteiger partial charge in [0.25, 0.3) is 0 Å². The van der Waals surface area contributed by atoms with Crippen molar-refractivity contribution in [3.05, 3.63) is 63.9 Å². The zero-order chi connectivity index (χ0) is 14.8. The molecule has 3 rings (SSSR count). The van der Waals surface area contributed by atoms with Crippen LogP contribution in [0.4, 0.5) is 10.1 Å². The minimum Gasteiger partial charge on any atom is -0.411 e. The van der Waals surface area contributed by atoms with Crippen LogP contribution in [0, 0.1) is 5.82 Å². The molecule has 21 heavy (non-hydrogen) atoms. The fourth-order valence-electron chi connectivity index (χ4n) is 2.61. The third-order valence-electron chi connectivity index (χ3n) is 3.67. The van der Waals surface area contributed by atoms with Gasteiger partial charge in [0.05, 0.1) is 5.71 Å². The van der Waals surface area contributed by atoms with Gasteiger partial charge in [0, 0.05) is 35.2 Å². The molecule has 0 atom stereocenters. The number of hydrogen-bond donors (Lipinski definition) is 1. The first-order chi connectivity index (χ1) is 10.2. The molecule has 0 spiro atoms. The van der Waals surface area contributed by atoms with Crippen LogP contribution >= 0.6 is 15.9 Å². The zero-order valence-corrected chi connectivity index (χ0v) is 12.8. The van der Waals surface area contributed by atoms with Crippen LogP contribution in [-0.4, -0.2) is 17.5 Å². The van der Waals surface area contributed by atoms with Crippen molar-refractivity contribution in [1.29, 1.82) is 0 Å². The van der Waals surface area contributed by atoms with Gasteiger partial charge in [-0.3, -0.25) is 0 Å². The summed E-state index contributed by atoms with van der Waals surface area (Å²) in [6, 6.07) is 12.6. The molecule has 3 nitrogen and oxygen atoms in total. The Morgan fingerprint density at radius 3 is 2.81 bits per heavy atom. The Bertz CT molecular complexity index is 702. The van der Waals surface area contributed by atoms with Gasteiger partial charge in [0.15, 0.2) is 0 Å². The lowest BCUT2D eigenvalue weighted by Gasteiger charge is -2.31. The van der Waals surface area contributed by atoms with Crippen LogP contribution in [-0.2, 0) is 6.54 Å². The van der Waals surface area contributed by atoms with Gasteiger partial charge in [0.1, 0.15) is 5.82 Å². The Hall–Kier alpha value is -1.88. The van der Waals surface area contributed by atoms with Gasteiger partial charge in [0.2, 0.25) is 0 Å². The Kier molecular flexibility index (Phi) is 3.92. The second-order valence-corrected chi connectivity index (χ2v) is 5.83. The molecule has 0 saturated carbocycles. The van der Waals surface area contributed by atoms with E-state index in [-0.39, 0.29) is 5.82 Å². The molecule has 5 heteroatoms. The molecular weight excluding hydrogens is 335 g/mol. The molecule has 1 heterocycles. The highest BCUT2D eigenvalue weighted by atomic mass is 79.9. The smallest absolute Gasteiger partial charge is 0.124 e. The maximum atomic E-state index is 13.2. The largest absolute Gasteiger partial charge is 0.411 e. The number of rotatable bonds is 2. The van der Waals surface area contributed by atoms with Gasteiger partial charge in [-0.05, 0) is 23.8 Å². The zero-order valence-electron chi connectivity index (χ0n) is 11.3. The van der Waals surface area contributed by atoms with Gasteiger partial charge in [-0.15, -0.1) is 0 Å². The number of fused-ring (bicyclic) bond motifs is 1. The lowest BCUT2D eigenvalue weighted by atomic mass is 9.99. The molecule has 1 aliphatic rings. The van der Waals surface area contributed by atoms with E-state index in [0.717, 1.165) is 27.8 Å². The maximum Gasteiger partial charge on any atom is 0.124 e. The molecular formula is C16H14BrFN2O. The molecule has 0 radical (unpaired) electrons. The summed E-state index contributed by atoms with van der Waals surface area (Å²) in [4.78, 5) is 2.21. The van der Waals surface area contributed by atoms with Gasteiger partial charge >= 0.3 is 0 Å². The minimum absolute atomic E-state index is 0.251. The van der Waals surface area contributed by atoms with E-state index in [4.69, 9.17) is 5.21 Å². The molecule has 108 valence electrons. The number of halogens is 2. The Morgan fingerprint density at radius 2 is 2.05 bits per heavy atom. The highest BCUT2D eigenvalue weighted by Gasteiger charge is 2.22. The van der Waals surface area contributed by atoms with E-state index in [2.05, 4.69) is 26.0 Å². The monoisotopic (exact) mass is 348 g/mol. The van der Waals surface area contributed by atoms with Gasteiger partial charge in [-0.25, -0.2) is 4.39 Å². The van der Waals surface area contributed by atoms with Crippen LogP contribution in [0.25, 0.3) is 0 Å². The highest BCUT2D eigenvalue weighted by molar-refractivity contribution is 9.10. The third-order valence-corrected chi connectivity index (χ3v) is 4.41. The van der Waals surface area contributed by atoms with Crippen molar-refractivity contribution in [2.45, 2.75) is 13.0 Å². The molecule has 1 N–H and O–H groups in total. The molecule has 0 amide bonds. The maximum absolute atomic E-state index is 13.2.